The molecule has 2 aromatic rings. The van der Waals surface area contributed by atoms with Crippen LogP contribution in [0.2, 0.25) is 0 Å². The fourth-order valence-electron chi connectivity index (χ4n) is 2.04. The van der Waals surface area contributed by atoms with Gasteiger partial charge in [-0.05, 0) is 36.4 Å². The van der Waals surface area contributed by atoms with Crippen molar-refractivity contribution < 1.29 is 35.5 Å². The highest BCUT2D eigenvalue weighted by Gasteiger charge is 2.34. The van der Waals surface area contributed by atoms with Crippen LogP contribution in [0, 0.1) is 5.82 Å². The standard InChI is InChI=1S/C15H12F4N2O4S/c1-25-13-5-3-9(26(20,23)24)7-12(13)21-14(22)8-2-4-11(16)10(6-8)15(17,18)19/h2-7H,1H3,(H,21,22)(H2,20,23,24). The van der Waals surface area contributed by atoms with E-state index in [0.717, 1.165) is 18.2 Å². The lowest BCUT2D eigenvalue weighted by atomic mass is 10.1. The molecule has 2 rings (SSSR count). The predicted molar refractivity (Wildman–Crippen MR) is 83.7 cm³/mol. The van der Waals surface area contributed by atoms with Crippen LogP contribution in [0.15, 0.2) is 41.3 Å². The number of hydrogen-bond donors (Lipinski definition) is 2. The summed E-state index contributed by atoms with van der Waals surface area (Å²) >= 11 is 0. The molecular formula is C15H12F4N2O4S. The predicted octanol–water partition coefficient (Wildman–Crippen LogP) is 2.75. The Labute approximate surface area is 145 Å². The van der Waals surface area contributed by atoms with E-state index in [1.807, 2.05) is 0 Å². The molecule has 1 amide bonds. The fraction of sp³-hybridized carbons (Fsp3) is 0.133. The number of carbonyl (C=O) groups is 1. The van der Waals surface area contributed by atoms with E-state index in [-0.39, 0.29) is 16.3 Å². The number of nitrogens with one attached hydrogen (secondary N) is 1. The number of halogens is 4. The number of benzene rings is 2. The van der Waals surface area contributed by atoms with Gasteiger partial charge in [-0.25, -0.2) is 17.9 Å². The molecule has 11 heteroatoms. The van der Waals surface area contributed by atoms with Gasteiger partial charge in [0.1, 0.15) is 11.6 Å². The molecule has 0 unspecified atom stereocenters. The van der Waals surface area contributed by atoms with Gasteiger partial charge in [-0.15, -0.1) is 0 Å². The summed E-state index contributed by atoms with van der Waals surface area (Å²) in [7, 11) is -2.85. The summed E-state index contributed by atoms with van der Waals surface area (Å²) in [4.78, 5) is 11.9. The van der Waals surface area contributed by atoms with E-state index in [0.29, 0.717) is 12.1 Å². The van der Waals surface area contributed by atoms with Crippen LogP contribution >= 0.6 is 0 Å². The molecular weight excluding hydrogens is 380 g/mol. The molecule has 0 aliphatic heterocycles. The third-order valence-corrected chi connectivity index (χ3v) is 4.19. The van der Waals surface area contributed by atoms with Crippen molar-refractivity contribution in [3.05, 3.63) is 53.3 Å². The van der Waals surface area contributed by atoms with Gasteiger partial charge in [-0.2, -0.15) is 13.2 Å². The number of rotatable bonds is 4. The first-order valence-electron chi connectivity index (χ1n) is 6.82. The zero-order valence-corrected chi connectivity index (χ0v) is 13.9. The zero-order chi connectivity index (χ0) is 19.7. The third-order valence-electron chi connectivity index (χ3n) is 3.28. The first kappa shape index (κ1) is 19.7. The number of hydrogen-bond acceptors (Lipinski definition) is 4. The number of carbonyl (C=O) groups excluding carboxylic acids is 1. The molecule has 0 spiro atoms. The maximum atomic E-state index is 13.3. The molecule has 3 N–H and O–H groups in total. The number of nitrogens with two attached hydrogens (primary N) is 1. The van der Waals surface area contributed by atoms with E-state index in [4.69, 9.17) is 9.88 Å². The van der Waals surface area contributed by atoms with Crippen LogP contribution in [0.5, 0.6) is 5.75 Å². The van der Waals surface area contributed by atoms with Crippen LogP contribution < -0.4 is 15.2 Å². The Balaban J connectivity index is 2.42. The summed E-state index contributed by atoms with van der Waals surface area (Å²) in [5, 5.41) is 7.21. The molecule has 0 fully saturated rings. The van der Waals surface area contributed by atoms with Crippen LogP contribution in [-0.2, 0) is 16.2 Å². The van der Waals surface area contributed by atoms with Crippen LogP contribution in [0.3, 0.4) is 0 Å². The molecule has 0 saturated heterocycles. The van der Waals surface area contributed by atoms with E-state index in [2.05, 4.69) is 5.32 Å². The highest BCUT2D eigenvalue weighted by molar-refractivity contribution is 7.89. The van der Waals surface area contributed by atoms with Crippen molar-refractivity contribution in [2.45, 2.75) is 11.1 Å². The summed E-state index contributed by atoms with van der Waals surface area (Å²) in [5.41, 5.74) is -2.22. The Hall–Kier alpha value is -2.66. The van der Waals surface area contributed by atoms with Crippen molar-refractivity contribution in [1.82, 2.24) is 0 Å². The molecule has 140 valence electrons. The van der Waals surface area contributed by atoms with Crippen molar-refractivity contribution in [1.29, 1.82) is 0 Å². The lowest BCUT2D eigenvalue weighted by Gasteiger charge is -2.13. The lowest BCUT2D eigenvalue weighted by molar-refractivity contribution is -0.140. The number of alkyl halides is 3. The number of methoxy groups -OCH3 is 1. The van der Waals surface area contributed by atoms with Crippen molar-refractivity contribution in [3.8, 4) is 5.75 Å². The van der Waals surface area contributed by atoms with E-state index in [9.17, 15) is 30.8 Å². The molecule has 0 aromatic heterocycles. The van der Waals surface area contributed by atoms with Crippen LogP contribution in [0.4, 0.5) is 23.2 Å². The Morgan fingerprint density at radius 3 is 2.35 bits per heavy atom. The molecule has 0 atom stereocenters. The topological polar surface area (TPSA) is 98.5 Å². The van der Waals surface area contributed by atoms with E-state index in [1.165, 1.54) is 13.2 Å². The summed E-state index contributed by atoms with van der Waals surface area (Å²) in [6.45, 7) is 0. The zero-order valence-electron chi connectivity index (χ0n) is 13.1. The second-order valence-electron chi connectivity index (χ2n) is 5.05. The van der Waals surface area contributed by atoms with Crippen molar-refractivity contribution >= 4 is 21.6 Å². The largest absolute Gasteiger partial charge is 0.495 e. The molecule has 26 heavy (non-hydrogen) atoms. The second-order valence-corrected chi connectivity index (χ2v) is 6.62. The average Bonchev–Trinajstić information content (AvgIpc) is 2.53. The maximum absolute atomic E-state index is 13.3. The van der Waals surface area contributed by atoms with Gasteiger partial charge in [0, 0.05) is 5.56 Å². The van der Waals surface area contributed by atoms with Crippen molar-refractivity contribution in [3.63, 3.8) is 0 Å². The molecule has 0 saturated carbocycles. The number of sulfonamides is 1. The first-order valence-corrected chi connectivity index (χ1v) is 8.37. The summed E-state index contributed by atoms with van der Waals surface area (Å²) in [6.07, 6.45) is -4.98. The van der Waals surface area contributed by atoms with Crippen LogP contribution in [-0.4, -0.2) is 21.4 Å². The first-order chi connectivity index (χ1) is 11.9. The van der Waals surface area contributed by atoms with Gasteiger partial charge in [0.2, 0.25) is 10.0 Å². The Kier molecular flexibility index (Phi) is 5.23. The monoisotopic (exact) mass is 392 g/mol. The molecule has 2 aromatic carbocycles. The number of anilines is 1. The molecule has 6 nitrogen and oxygen atoms in total. The highest BCUT2D eigenvalue weighted by atomic mass is 32.2. The highest BCUT2D eigenvalue weighted by Crippen LogP contribution is 2.32. The Morgan fingerprint density at radius 2 is 1.81 bits per heavy atom. The summed E-state index contributed by atoms with van der Waals surface area (Å²) in [6, 6.07) is 5.04. The van der Waals surface area contributed by atoms with Crippen molar-refractivity contribution in [2.75, 3.05) is 12.4 Å². The van der Waals surface area contributed by atoms with Crippen LogP contribution in [0.25, 0.3) is 0 Å². The van der Waals surface area contributed by atoms with Gasteiger partial charge in [0.25, 0.3) is 5.91 Å². The lowest BCUT2D eigenvalue weighted by Crippen LogP contribution is -2.17. The van der Waals surface area contributed by atoms with Gasteiger partial charge in [-0.3, -0.25) is 4.79 Å². The quantitative estimate of drug-likeness (QED) is 0.782. The van der Waals surface area contributed by atoms with Gasteiger partial charge >= 0.3 is 6.18 Å². The van der Waals surface area contributed by atoms with Gasteiger partial charge in [0.15, 0.2) is 0 Å². The summed E-state index contributed by atoms with van der Waals surface area (Å²) in [5.74, 6) is -2.51. The van der Waals surface area contributed by atoms with Gasteiger partial charge in [0.05, 0.1) is 23.3 Å². The van der Waals surface area contributed by atoms with E-state index < -0.39 is 39.1 Å². The molecule has 0 heterocycles. The molecule has 0 aliphatic carbocycles. The normalized spacial score (nSPS) is 11.9. The SMILES string of the molecule is COc1ccc(S(N)(=O)=O)cc1NC(=O)c1ccc(F)c(C(F)(F)F)c1. The minimum atomic E-state index is -4.98. The summed E-state index contributed by atoms with van der Waals surface area (Å²) < 4.78 is 79.3. The number of amides is 1. The molecule has 0 bridgehead atoms. The van der Waals surface area contributed by atoms with E-state index in [1.54, 1.807) is 0 Å². The van der Waals surface area contributed by atoms with Gasteiger partial charge in [-0.1, -0.05) is 0 Å². The Bertz CT molecular complexity index is 959. The minimum absolute atomic E-state index is 0.0453. The van der Waals surface area contributed by atoms with Crippen molar-refractivity contribution in [2.24, 2.45) is 5.14 Å². The number of primary sulfonamides is 1. The maximum Gasteiger partial charge on any atom is 0.419 e. The fourth-order valence-corrected chi connectivity index (χ4v) is 2.58. The smallest absolute Gasteiger partial charge is 0.419 e. The Morgan fingerprint density at radius 1 is 1.15 bits per heavy atom. The average molecular weight is 392 g/mol. The van der Waals surface area contributed by atoms with Crippen LogP contribution in [0.1, 0.15) is 15.9 Å². The van der Waals surface area contributed by atoms with Gasteiger partial charge < -0.3 is 10.1 Å². The minimum Gasteiger partial charge on any atom is -0.495 e. The second kappa shape index (κ2) is 6.92. The van der Waals surface area contributed by atoms with E-state index >= 15 is 0 Å². The number of ether oxygens (including phenoxy) is 1. The molecule has 0 radical (unpaired) electrons. The molecule has 0 aliphatic rings. The third kappa shape index (κ3) is 4.29.